The smallest absolute Gasteiger partial charge is 0.251 e. The average Bonchev–Trinajstić information content (AvgIpc) is 2.25. The van der Waals surface area contributed by atoms with Crippen molar-refractivity contribution in [1.82, 2.24) is 9.97 Å². The molecule has 3 N–H and O–H groups in total. The number of primary amides is 1. The number of amides is 1. The number of hydrogen-bond donors (Lipinski definition) is 2. The summed E-state index contributed by atoms with van der Waals surface area (Å²) in [6.07, 6.45) is 6.32. The van der Waals surface area contributed by atoms with Crippen LogP contribution < -0.4 is 11.1 Å². The van der Waals surface area contributed by atoms with Gasteiger partial charge < -0.3 is 11.1 Å². The minimum Gasteiger partial charge on any atom is -0.366 e. The van der Waals surface area contributed by atoms with E-state index in [9.17, 15) is 4.79 Å². The predicted molar refractivity (Wildman–Crippen MR) is 58.6 cm³/mol. The quantitative estimate of drug-likeness (QED) is 0.688. The van der Waals surface area contributed by atoms with E-state index in [4.69, 9.17) is 5.73 Å². The molecule has 0 saturated carbocycles. The molecule has 1 amide bonds. The molecule has 1 aromatic heterocycles. The Kier molecular flexibility index (Phi) is 4.53. The van der Waals surface area contributed by atoms with E-state index in [0.717, 1.165) is 13.0 Å². The minimum atomic E-state index is -0.507. The highest BCUT2D eigenvalue weighted by Crippen LogP contribution is 2.00. The summed E-state index contributed by atoms with van der Waals surface area (Å²) in [4.78, 5) is 18.7. The Hall–Kier alpha value is -1.65. The Balaban J connectivity index is 2.39. The van der Waals surface area contributed by atoms with Gasteiger partial charge in [-0.3, -0.25) is 4.79 Å². The molecule has 1 rings (SSSR count). The zero-order chi connectivity index (χ0) is 11.1. The fourth-order valence-electron chi connectivity index (χ4n) is 1.12. The Labute approximate surface area is 89.1 Å². The molecule has 0 aliphatic carbocycles. The van der Waals surface area contributed by atoms with E-state index in [1.54, 1.807) is 0 Å². The Morgan fingerprint density at radius 2 is 2.07 bits per heavy atom. The van der Waals surface area contributed by atoms with Gasteiger partial charge in [0.05, 0.1) is 5.56 Å². The van der Waals surface area contributed by atoms with Gasteiger partial charge in [-0.2, -0.15) is 0 Å². The van der Waals surface area contributed by atoms with Crippen molar-refractivity contribution in [3.05, 3.63) is 18.0 Å². The number of aromatic nitrogens is 2. The molecule has 15 heavy (non-hydrogen) atoms. The van der Waals surface area contributed by atoms with Crippen molar-refractivity contribution >= 4 is 11.9 Å². The molecular formula is C10H16N4O. The van der Waals surface area contributed by atoms with Crippen LogP contribution in [0.2, 0.25) is 0 Å². The summed E-state index contributed by atoms with van der Waals surface area (Å²) in [5.41, 5.74) is 5.39. The van der Waals surface area contributed by atoms with Crippen LogP contribution in [0.1, 0.15) is 36.5 Å². The minimum absolute atomic E-state index is 0.328. The van der Waals surface area contributed by atoms with Crippen molar-refractivity contribution in [2.24, 2.45) is 5.73 Å². The average molecular weight is 208 g/mol. The Bertz CT molecular complexity index is 310. The van der Waals surface area contributed by atoms with Crippen LogP contribution in [0.4, 0.5) is 5.95 Å². The molecule has 1 heterocycles. The topological polar surface area (TPSA) is 80.9 Å². The van der Waals surface area contributed by atoms with Crippen LogP contribution in [-0.4, -0.2) is 22.4 Å². The third-order valence-electron chi connectivity index (χ3n) is 2.00. The van der Waals surface area contributed by atoms with Gasteiger partial charge in [0.1, 0.15) is 0 Å². The van der Waals surface area contributed by atoms with E-state index in [0.29, 0.717) is 11.5 Å². The normalized spacial score (nSPS) is 9.93. The van der Waals surface area contributed by atoms with E-state index in [1.165, 1.54) is 25.2 Å². The number of carbonyl (C=O) groups is 1. The van der Waals surface area contributed by atoms with Crippen molar-refractivity contribution in [2.45, 2.75) is 26.2 Å². The summed E-state index contributed by atoms with van der Waals surface area (Å²) in [6, 6.07) is 0. The number of hydrogen-bond acceptors (Lipinski definition) is 4. The maximum absolute atomic E-state index is 10.7. The third-order valence-corrected chi connectivity index (χ3v) is 2.00. The van der Waals surface area contributed by atoms with Crippen molar-refractivity contribution < 1.29 is 4.79 Å². The molecule has 82 valence electrons. The zero-order valence-electron chi connectivity index (χ0n) is 8.86. The van der Waals surface area contributed by atoms with Gasteiger partial charge in [-0.15, -0.1) is 0 Å². The van der Waals surface area contributed by atoms with Crippen LogP contribution in [0.5, 0.6) is 0 Å². The number of anilines is 1. The highest BCUT2D eigenvalue weighted by atomic mass is 16.1. The maximum Gasteiger partial charge on any atom is 0.251 e. The van der Waals surface area contributed by atoms with Gasteiger partial charge in [0.2, 0.25) is 5.95 Å². The van der Waals surface area contributed by atoms with Crippen LogP contribution in [0.3, 0.4) is 0 Å². The lowest BCUT2D eigenvalue weighted by Crippen LogP contribution is -2.13. The first-order valence-electron chi connectivity index (χ1n) is 5.09. The molecule has 0 unspecified atom stereocenters. The third kappa shape index (κ3) is 3.93. The van der Waals surface area contributed by atoms with E-state index in [2.05, 4.69) is 22.2 Å². The first kappa shape index (κ1) is 11.4. The molecule has 1 aromatic rings. The fourth-order valence-corrected chi connectivity index (χ4v) is 1.12. The number of carbonyl (C=O) groups excluding carboxylic acids is 1. The molecule has 0 aliphatic rings. The lowest BCUT2D eigenvalue weighted by Gasteiger charge is -2.03. The molecule has 0 spiro atoms. The predicted octanol–water partition coefficient (Wildman–Crippen LogP) is 1.18. The SMILES string of the molecule is CCCCCNc1ncc(C(N)=O)cn1. The lowest BCUT2D eigenvalue weighted by molar-refractivity contribution is 0.0999. The lowest BCUT2D eigenvalue weighted by atomic mass is 10.2. The van der Waals surface area contributed by atoms with E-state index < -0.39 is 5.91 Å². The van der Waals surface area contributed by atoms with Crippen molar-refractivity contribution in [3.63, 3.8) is 0 Å². The number of nitrogens with zero attached hydrogens (tertiary/aromatic N) is 2. The van der Waals surface area contributed by atoms with Gasteiger partial charge in [-0.05, 0) is 6.42 Å². The number of unbranched alkanes of at least 4 members (excludes halogenated alkanes) is 2. The van der Waals surface area contributed by atoms with Crippen molar-refractivity contribution in [3.8, 4) is 0 Å². The summed E-state index contributed by atoms with van der Waals surface area (Å²) in [5.74, 6) is 0.0311. The van der Waals surface area contributed by atoms with Crippen LogP contribution >= 0.6 is 0 Å². The summed E-state index contributed by atoms with van der Waals surface area (Å²) in [6.45, 7) is 3.00. The van der Waals surface area contributed by atoms with Crippen LogP contribution in [0.25, 0.3) is 0 Å². The van der Waals surface area contributed by atoms with Gasteiger partial charge in [0.25, 0.3) is 5.91 Å². The number of nitrogens with two attached hydrogens (primary N) is 1. The van der Waals surface area contributed by atoms with Crippen LogP contribution in [0.15, 0.2) is 12.4 Å². The summed E-state index contributed by atoms with van der Waals surface area (Å²) in [5, 5.41) is 3.07. The van der Waals surface area contributed by atoms with Crippen molar-refractivity contribution in [1.29, 1.82) is 0 Å². The molecule has 0 saturated heterocycles. The van der Waals surface area contributed by atoms with E-state index >= 15 is 0 Å². The van der Waals surface area contributed by atoms with E-state index in [1.807, 2.05) is 0 Å². The monoisotopic (exact) mass is 208 g/mol. The van der Waals surface area contributed by atoms with Gasteiger partial charge in [0.15, 0.2) is 0 Å². The molecule has 5 heteroatoms. The molecule has 0 aliphatic heterocycles. The number of nitrogens with one attached hydrogen (secondary N) is 1. The molecule has 0 aromatic carbocycles. The van der Waals surface area contributed by atoms with Gasteiger partial charge >= 0.3 is 0 Å². The first-order valence-corrected chi connectivity index (χ1v) is 5.09. The summed E-state index contributed by atoms with van der Waals surface area (Å²) >= 11 is 0. The fraction of sp³-hybridized carbons (Fsp3) is 0.500. The molecule has 0 atom stereocenters. The second-order valence-electron chi connectivity index (χ2n) is 3.29. The van der Waals surface area contributed by atoms with E-state index in [-0.39, 0.29) is 0 Å². The molecular weight excluding hydrogens is 192 g/mol. The molecule has 0 bridgehead atoms. The Morgan fingerprint density at radius 1 is 1.40 bits per heavy atom. The van der Waals surface area contributed by atoms with Crippen LogP contribution in [-0.2, 0) is 0 Å². The molecule has 5 nitrogen and oxygen atoms in total. The standard InChI is InChI=1S/C10H16N4O/c1-2-3-4-5-12-10-13-6-8(7-14-10)9(11)15/h6-7H,2-5H2,1H3,(H2,11,15)(H,12,13,14). The largest absolute Gasteiger partial charge is 0.366 e. The Morgan fingerprint density at radius 3 is 2.60 bits per heavy atom. The molecule has 0 fully saturated rings. The maximum atomic E-state index is 10.7. The first-order chi connectivity index (χ1) is 7.24. The molecule has 0 radical (unpaired) electrons. The van der Waals surface area contributed by atoms with Gasteiger partial charge in [-0.25, -0.2) is 9.97 Å². The summed E-state index contributed by atoms with van der Waals surface area (Å²) < 4.78 is 0. The highest BCUT2D eigenvalue weighted by Gasteiger charge is 2.01. The van der Waals surface area contributed by atoms with Gasteiger partial charge in [0, 0.05) is 18.9 Å². The van der Waals surface area contributed by atoms with Gasteiger partial charge in [-0.1, -0.05) is 19.8 Å². The second kappa shape index (κ2) is 5.95. The number of rotatable bonds is 6. The van der Waals surface area contributed by atoms with Crippen molar-refractivity contribution in [2.75, 3.05) is 11.9 Å². The second-order valence-corrected chi connectivity index (χ2v) is 3.29. The van der Waals surface area contributed by atoms with Crippen LogP contribution in [0, 0.1) is 0 Å². The highest BCUT2D eigenvalue weighted by molar-refractivity contribution is 5.92. The summed E-state index contributed by atoms with van der Waals surface area (Å²) in [7, 11) is 0. The zero-order valence-corrected chi connectivity index (χ0v) is 8.86.